The van der Waals surface area contributed by atoms with Gasteiger partial charge in [-0.25, -0.2) is 9.78 Å². The van der Waals surface area contributed by atoms with Crippen LogP contribution in [0.2, 0.25) is 0 Å². The monoisotopic (exact) mass is 332 g/mol. The lowest BCUT2D eigenvalue weighted by Crippen LogP contribution is -2.37. The fourth-order valence-electron chi connectivity index (χ4n) is 2.47. The van der Waals surface area contributed by atoms with Crippen molar-refractivity contribution < 1.29 is 4.79 Å². The van der Waals surface area contributed by atoms with Crippen LogP contribution in [0, 0.1) is 0 Å². The number of hydrogen-bond donors (Lipinski definition) is 0. The summed E-state index contributed by atoms with van der Waals surface area (Å²) in [6, 6.07) is 3.74. The summed E-state index contributed by atoms with van der Waals surface area (Å²) in [4.78, 5) is 42.6. The predicted molar refractivity (Wildman–Crippen MR) is 88.2 cm³/mol. The van der Waals surface area contributed by atoms with E-state index < -0.39 is 11.2 Å². The first-order valence-electron chi connectivity index (χ1n) is 7.16. The number of ketones is 1. The third-order valence-corrected chi connectivity index (χ3v) is 5.09. The quantitative estimate of drug-likeness (QED) is 0.666. The predicted octanol–water partition coefficient (Wildman–Crippen LogP) is 0.941. The van der Waals surface area contributed by atoms with Crippen molar-refractivity contribution in [2.24, 2.45) is 14.1 Å². The third kappa shape index (κ3) is 2.44. The van der Waals surface area contributed by atoms with Crippen molar-refractivity contribution in [2.75, 3.05) is 0 Å². The topological polar surface area (TPSA) is 78.9 Å². The van der Waals surface area contributed by atoms with Gasteiger partial charge in [0.1, 0.15) is 0 Å². The summed E-state index contributed by atoms with van der Waals surface area (Å²) < 4.78 is 3.83. The largest absolute Gasteiger partial charge is 0.332 e. The second kappa shape index (κ2) is 5.62. The van der Waals surface area contributed by atoms with E-state index in [0.29, 0.717) is 4.88 Å². The molecule has 0 spiro atoms. The Balaban J connectivity index is 2.06. The number of nitrogens with zero attached hydrogens (tertiary/aromatic N) is 4. The maximum absolute atomic E-state index is 12.4. The number of aryl methyl sites for hydroxylation is 2. The fraction of sp³-hybridized carbons (Fsp3) is 0.333. The van der Waals surface area contributed by atoms with Gasteiger partial charge >= 0.3 is 5.69 Å². The van der Waals surface area contributed by atoms with Gasteiger partial charge in [-0.3, -0.25) is 18.7 Å². The molecule has 3 heterocycles. The van der Waals surface area contributed by atoms with E-state index in [4.69, 9.17) is 0 Å². The Morgan fingerprint density at radius 1 is 1.22 bits per heavy atom. The molecule has 0 radical (unpaired) electrons. The van der Waals surface area contributed by atoms with Crippen molar-refractivity contribution in [3.63, 3.8) is 0 Å². The zero-order valence-electron chi connectivity index (χ0n) is 13.1. The van der Waals surface area contributed by atoms with Gasteiger partial charge in [0.15, 0.2) is 16.9 Å². The second-order valence-corrected chi connectivity index (χ2v) is 6.46. The molecule has 0 amide bonds. The summed E-state index contributed by atoms with van der Waals surface area (Å²) >= 11 is 1.46. The number of Topliss-reactive ketones (excluding diaryl/α,β-unsaturated/α-hetero) is 1. The molecule has 0 aliphatic heterocycles. The maximum atomic E-state index is 12.4. The van der Waals surface area contributed by atoms with Gasteiger partial charge in [-0.05, 0) is 18.6 Å². The molecule has 0 aliphatic rings. The number of aromatic nitrogens is 4. The van der Waals surface area contributed by atoms with Crippen LogP contribution in [0.5, 0.6) is 0 Å². The highest BCUT2D eigenvalue weighted by atomic mass is 32.1. The molecule has 3 aromatic rings. The van der Waals surface area contributed by atoms with E-state index >= 15 is 0 Å². The number of imidazole rings is 1. The van der Waals surface area contributed by atoms with Gasteiger partial charge in [-0.1, -0.05) is 6.92 Å². The molecule has 0 saturated carbocycles. The van der Waals surface area contributed by atoms with Crippen LogP contribution in [0.3, 0.4) is 0 Å². The van der Waals surface area contributed by atoms with Gasteiger partial charge in [0.25, 0.3) is 5.56 Å². The molecule has 0 unspecified atom stereocenters. The lowest BCUT2D eigenvalue weighted by Gasteiger charge is -2.05. The van der Waals surface area contributed by atoms with Crippen LogP contribution in [0.15, 0.2) is 28.0 Å². The number of rotatable bonds is 4. The Labute approximate surface area is 135 Å². The van der Waals surface area contributed by atoms with Gasteiger partial charge in [-0.15, -0.1) is 11.3 Å². The molecule has 0 aromatic carbocycles. The smallest absolute Gasteiger partial charge is 0.317 e. The number of hydrogen-bond acceptors (Lipinski definition) is 5. The highest BCUT2D eigenvalue weighted by molar-refractivity contribution is 7.14. The first-order valence-corrected chi connectivity index (χ1v) is 7.98. The Kier molecular flexibility index (Phi) is 3.77. The highest BCUT2D eigenvalue weighted by Crippen LogP contribution is 2.18. The van der Waals surface area contributed by atoms with Crippen LogP contribution in [0.1, 0.15) is 21.5 Å². The molecule has 23 heavy (non-hydrogen) atoms. The van der Waals surface area contributed by atoms with Gasteiger partial charge < -0.3 is 4.57 Å². The number of carbonyl (C=O) groups excluding carboxylic acids is 1. The summed E-state index contributed by atoms with van der Waals surface area (Å²) in [5.74, 6) is -0.0788. The van der Waals surface area contributed by atoms with E-state index in [2.05, 4.69) is 4.98 Å². The average molecular weight is 332 g/mol. The van der Waals surface area contributed by atoms with Crippen molar-refractivity contribution in [3.8, 4) is 0 Å². The Hall–Kier alpha value is -2.48. The zero-order valence-corrected chi connectivity index (χ0v) is 13.9. The van der Waals surface area contributed by atoms with Crippen molar-refractivity contribution >= 4 is 28.3 Å². The lowest BCUT2D eigenvalue weighted by atomic mass is 10.3. The minimum absolute atomic E-state index is 0.0214. The van der Waals surface area contributed by atoms with Gasteiger partial charge in [0.05, 0.1) is 17.7 Å². The third-order valence-electron chi connectivity index (χ3n) is 3.82. The second-order valence-electron chi connectivity index (χ2n) is 5.29. The van der Waals surface area contributed by atoms with Crippen molar-refractivity contribution in [1.29, 1.82) is 0 Å². The standard InChI is InChI=1S/C15H16N4O3S/c1-4-9-5-6-11(23-9)10(20)7-19-8-16-13-12(19)14(21)18(3)15(22)17(13)2/h5-6,8H,4,7H2,1-3H3. The molecule has 0 aliphatic carbocycles. The summed E-state index contributed by atoms with van der Waals surface area (Å²) in [5, 5.41) is 0. The summed E-state index contributed by atoms with van der Waals surface area (Å²) in [6.07, 6.45) is 2.31. The first-order chi connectivity index (χ1) is 10.9. The Morgan fingerprint density at radius 2 is 1.96 bits per heavy atom. The van der Waals surface area contributed by atoms with Crippen molar-refractivity contribution in [2.45, 2.75) is 19.9 Å². The number of fused-ring (bicyclic) bond motifs is 1. The Bertz CT molecular complexity index is 1020. The molecule has 0 saturated heterocycles. The molecule has 0 N–H and O–H groups in total. The van der Waals surface area contributed by atoms with Gasteiger partial charge in [-0.2, -0.15) is 0 Å². The minimum Gasteiger partial charge on any atom is -0.317 e. The SMILES string of the molecule is CCc1ccc(C(=O)Cn2cnc3c2c(=O)n(C)c(=O)n3C)s1. The Morgan fingerprint density at radius 3 is 2.61 bits per heavy atom. The average Bonchev–Trinajstić information content (AvgIpc) is 3.17. The summed E-state index contributed by atoms with van der Waals surface area (Å²) in [6.45, 7) is 2.06. The van der Waals surface area contributed by atoms with Crippen LogP contribution in [0.4, 0.5) is 0 Å². The normalized spacial score (nSPS) is 11.3. The molecular formula is C15H16N4O3S. The zero-order chi connectivity index (χ0) is 16.7. The maximum Gasteiger partial charge on any atom is 0.332 e. The molecule has 8 heteroatoms. The number of thiophene rings is 1. The van der Waals surface area contributed by atoms with Gasteiger partial charge in [0, 0.05) is 19.0 Å². The molecular weight excluding hydrogens is 316 g/mol. The molecule has 120 valence electrons. The van der Waals surface area contributed by atoms with Crippen LogP contribution >= 0.6 is 11.3 Å². The van der Waals surface area contributed by atoms with Crippen molar-refractivity contribution in [1.82, 2.24) is 18.7 Å². The summed E-state index contributed by atoms with van der Waals surface area (Å²) in [5.41, 5.74) is -0.347. The molecule has 3 aromatic heterocycles. The van der Waals surface area contributed by atoms with Crippen molar-refractivity contribution in [3.05, 3.63) is 49.1 Å². The summed E-state index contributed by atoms with van der Waals surface area (Å²) in [7, 11) is 2.96. The van der Waals surface area contributed by atoms with E-state index in [1.165, 1.54) is 33.8 Å². The lowest BCUT2D eigenvalue weighted by molar-refractivity contribution is 0.0977. The van der Waals surface area contributed by atoms with Gasteiger partial charge in [0.2, 0.25) is 0 Å². The first kappa shape index (κ1) is 15.4. The van der Waals surface area contributed by atoms with E-state index in [0.717, 1.165) is 15.9 Å². The molecule has 7 nitrogen and oxygen atoms in total. The highest BCUT2D eigenvalue weighted by Gasteiger charge is 2.17. The van der Waals surface area contributed by atoms with Crippen LogP contribution in [0.25, 0.3) is 11.2 Å². The fourth-order valence-corrected chi connectivity index (χ4v) is 3.34. The van der Waals surface area contributed by atoms with Crippen LogP contribution < -0.4 is 11.2 Å². The van der Waals surface area contributed by atoms with E-state index in [-0.39, 0.29) is 23.5 Å². The van der Waals surface area contributed by atoms with E-state index in [9.17, 15) is 14.4 Å². The van der Waals surface area contributed by atoms with Crippen LogP contribution in [-0.2, 0) is 27.1 Å². The van der Waals surface area contributed by atoms with Crippen LogP contribution in [-0.4, -0.2) is 24.5 Å². The molecule has 0 fully saturated rings. The molecule has 0 bridgehead atoms. The molecule has 0 atom stereocenters. The molecule has 3 rings (SSSR count). The minimum atomic E-state index is -0.450. The number of carbonyl (C=O) groups is 1. The van der Waals surface area contributed by atoms with E-state index in [1.54, 1.807) is 13.1 Å². The van der Waals surface area contributed by atoms with E-state index in [1.807, 2.05) is 13.0 Å².